The summed E-state index contributed by atoms with van der Waals surface area (Å²) in [6.07, 6.45) is 2.14. The van der Waals surface area contributed by atoms with E-state index in [-0.39, 0.29) is 30.4 Å². The maximum Gasteiger partial charge on any atom is 0.305 e. The molecule has 0 aliphatic carbocycles. The molecule has 0 radical (unpaired) electrons. The molecule has 3 aromatic rings. The molecule has 0 saturated carbocycles. The highest BCUT2D eigenvalue weighted by molar-refractivity contribution is 7.18. The smallest absolute Gasteiger partial charge is 0.305 e. The van der Waals surface area contributed by atoms with Crippen molar-refractivity contribution in [2.24, 2.45) is 0 Å². The molecule has 0 aromatic carbocycles. The third-order valence-electron chi connectivity index (χ3n) is 3.85. The molecular formula is C18H19N3O4S2. The normalized spacial score (nSPS) is 10.9. The van der Waals surface area contributed by atoms with Crippen molar-refractivity contribution < 1.29 is 14.3 Å². The van der Waals surface area contributed by atoms with Crippen LogP contribution in [0.25, 0.3) is 20.7 Å². The summed E-state index contributed by atoms with van der Waals surface area (Å²) in [6, 6.07) is 3.89. The summed E-state index contributed by atoms with van der Waals surface area (Å²) < 4.78 is 6.14. The maximum absolute atomic E-state index is 12.8. The molecule has 0 unspecified atom stereocenters. The number of hydrogen-bond acceptors (Lipinski definition) is 7. The first-order valence-corrected chi connectivity index (χ1v) is 10.3. The lowest BCUT2D eigenvalue weighted by Gasteiger charge is -2.07. The molecule has 0 spiro atoms. The molecule has 0 aliphatic heterocycles. The van der Waals surface area contributed by atoms with Crippen LogP contribution in [0.4, 0.5) is 0 Å². The zero-order chi connectivity index (χ0) is 19.2. The van der Waals surface area contributed by atoms with Crippen LogP contribution in [-0.2, 0) is 20.9 Å². The summed E-state index contributed by atoms with van der Waals surface area (Å²) in [5.41, 5.74) is 0.623. The Labute approximate surface area is 163 Å². The number of rotatable bonds is 8. The third-order valence-corrected chi connectivity index (χ3v) is 5.64. The number of ether oxygens (including phenoxy) is 1. The molecule has 3 rings (SSSR count). The Morgan fingerprint density at radius 3 is 2.93 bits per heavy atom. The Bertz CT molecular complexity index is 992. The van der Waals surface area contributed by atoms with Crippen molar-refractivity contribution in [3.8, 4) is 10.4 Å². The van der Waals surface area contributed by atoms with Crippen LogP contribution in [0.5, 0.6) is 0 Å². The van der Waals surface area contributed by atoms with Gasteiger partial charge in [0.1, 0.15) is 11.4 Å². The average molecular weight is 406 g/mol. The van der Waals surface area contributed by atoms with Gasteiger partial charge in [0.2, 0.25) is 5.91 Å². The van der Waals surface area contributed by atoms with Crippen molar-refractivity contribution in [2.75, 3.05) is 13.2 Å². The standard InChI is InChI=1S/C18H19N3O4S2/c1-2-25-15(23)6-3-7-19-14(22)9-21-11-20-17-16(18(21)24)12(10-27-17)13-5-4-8-26-13/h4-5,8,10-11H,2-3,6-7,9H2,1H3,(H,19,22). The van der Waals surface area contributed by atoms with Crippen molar-refractivity contribution >= 4 is 44.8 Å². The molecule has 3 heterocycles. The Kier molecular flexibility index (Phi) is 6.36. The Balaban J connectivity index is 1.66. The molecular weight excluding hydrogens is 386 g/mol. The summed E-state index contributed by atoms with van der Waals surface area (Å²) in [6.45, 7) is 2.33. The first-order chi connectivity index (χ1) is 13.1. The van der Waals surface area contributed by atoms with Gasteiger partial charge in [0.25, 0.3) is 5.56 Å². The van der Waals surface area contributed by atoms with E-state index < -0.39 is 0 Å². The van der Waals surface area contributed by atoms with Gasteiger partial charge < -0.3 is 10.1 Å². The highest BCUT2D eigenvalue weighted by atomic mass is 32.1. The highest BCUT2D eigenvalue weighted by Crippen LogP contribution is 2.33. The quantitative estimate of drug-likeness (QED) is 0.460. The molecule has 142 valence electrons. The molecule has 27 heavy (non-hydrogen) atoms. The van der Waals surface area contributed by atoms with Gasteiger partial charge in [-0.2, -0.15) is 0 Å². The second kappa shape index (κ2) is 8.92. The molecule has 3 aromatic heterocycles. The lowest BCUT2D eigenvalue weighted by molar-refractivity contribution is -0.143. The number of aromatic nitrogens is 2. The summed E-state index contributed by atoms with van der Waals surface area (Å²) in [5, 5.41) is 7.13. The van der Waals surface area contributed by atoms with Gasteiger partial charge in [-0.05, 0) is 24.8 Å². The zero-order valence-corrected chi connectivity index (χ0v) is 16.4. The van der Waals surface area contributed by atoms with Crippen LogP contribution in [0, 0.1) is 0 Å². The first kappa shape index (κ1) is 19.2. The number of nitrogens with zero attached hydrogens (tertiary/aromatic N) is 2. The molecule has 1 amide bonds. The van der Waals surface area contributed by atoms with Crippen LogP contribution in [0.2, 0.25) is 0 Å². The number of thiophene rings is 2. The predicted octanol–water partition coefficient (Wildman–Crippen LogP) is 2.65. The van der Waals surface area contributed by atoms with E-state index in [4.69, 9.17) is 4.74 Å². The largest absolute Gasteiger partial charge is 0.466 e. The van der Waals surface area contributed by atoms with Crippen LogP contribution in [0.15, 0.2) is 34.0 Å². The van der Waals surface area contributed by atoms with Gasteiger partial charge >= 0.3 is 5.97 Å². The number of hydrogen-bond donors (Lipinski definition) is 1. The molecule has 9 heteroatoms. The van der Waals surface area contributed by atoms with Crippen LogP contribution in [-0.4, -0.2) is 34.6 Å². The molecule has 1 N–H and O–H groups in total. The van der Waals surface area contributed by atoms with Crippen molar-refractivity contribution in [2.45, 2.75) is 26.3 Å². The van der Waals surface area contributed by atoms with E-state index >= 15 is 0 Å². The van der Waals surface area contributed by atoms with E-state index in [1.807, 2.05) is 22.9 Å². The van der Waals surface area contributed by atoms with Crippen LogP contribution >= 0.6 is 22.7 Å². The van der Waals surface area contributed by atoms with Gasteiger partial charge in [-0.15, -0.1) is 22.7 Å². The van der Waals surface area contributed by atoms with Crippen molar-refractivity contribution in [1.82, 2.24) is 14.9 Å². The lowest BCUT2D eigenvalue weighted by Crippen LogP contribution is -2.33. The predicted molar refractivity (Wildman–Crippen MR) is 106 cm³/mol. The number of esters is 1. The Morgan fingerprint density at radius 1 is 1.33 bits per heavy atom. The van der Waals surface area contributed by atoms with Crippen LogP contribution in [0.3, 0.4) is 0 Å². The SMILES string of the molecule is CCOC(=O)CCCNC(=O)Cn1cnc2scc(-c3cccs3)c2c1=O. The van der Waals surface area contributed by atoms with Crippen molar-refractivity contribution in [3.05, 3.63) is 39.6 Å². The van der Waals surface area contributed by atoms with E-state index in [2.05, 4.69) is 10.3 Å². The molecule has 0 atom stereocenters. The second-order valence-corrected chi connectivity index (χ2v) is 7.55. The fourth-order valence-electron chi connectivity index (χ4n) is 2.60. The zero-order valence-electron chi connectivity index (χ0n) is 14.8. The summed E-state index contributed by atoms with van der Waals surface area (Å²) in [7, 11) is 0. The number of fused-ring (bicyclic) bond motifs is 1. The highest BCUT2D eigenvalue weighted by Gasteiger charge is 2.15. The minimum absolute atomic E-state index is 0.110. The monoisotopic (exact) mass is 405 g/mol. The number of carbonyl (C=O) groups is 2. The Morgan fingerprint density at radius 2 is 2.19 bits per heavy atom. The number of carbonyl (C=O) groups excluding carboxylic acids is 2. The van der Waals surface area contributed by atoms with Gasteiger partial charge in [0, 0.05) is 28.8 Å². The van der Waals surface area contributed by atoms with Crippen molar-refractivity contribution in [1.29, 1.82) is 0 Å². The fraction of sp³-hybridized carbons (Fsp3) is 0.333. The van der Waals surface area contributed by atoms with E-state index in [0.717, 1.165) is 10.4 Å². The van der Waals surface area contributed by atoms with Crippen LogP contribution < -0.4 is 10.9 Å². The summed E-state index contributed by atoms with van der Waals surface area (Å²) in [4.78, 5) is 42.2. The van der Waals surface area contributed by atoms with Gasteiger partial charge in [0.15, 0.2) is 0 Å². The molecule has 0 aliphatic rings. The van der Waals surface area contributed by atoms with E-state index in [1.165, 1.54) is 22.2 Å². The lowest BCUT2D eigenvalue weighted by atomic mass is 10.2. The van der Waals surface area contributed by atoms with Gasteiger partial charge in [-0.3, -0.25) is 19.0 Å². The van der Waals surface area contributed by atoms with Crippen LogP contribution in [0.1, 0.15) is 19.8 Å². The topological polar surface area (TPSA) is 90.3 Å². The third kappa shape index (κ3) is 4.61. The minimum Gasteiger partial charge on any atom is -0.466 e. The van der Waals surface area contributed by atoms with Gasteiger partial charge in [-0.25, -0.2) is 4.98 Å². The average Bonchev–Trinajstić information content (AvgIpc) is 3.30. The molecule has 7 nitrogen and oxygen atoms in total. The summed E-state index contributed by atoms with van der Waals surface area (Å²) in [5.74, 6) is -0.578. The number of amides is 1. The minimum atomic E-state index is -0.296. The maximum atomic E-state index is 12.8. The second-order valence-electron chi connectivity index (χ2n) is 5.74. The Hall–Kier alpha value is -2.52. The van der Waals surface area contributed by atoms with E-state index in [1.54, 1.807) is 18.3 Å². The van der Waals surface area contributed by atoms with Gasteiger partial charge in [0.05, 0.1) is 18.3 Å². The van der Waals surface area contributed by atoms with Gasteiger partial charge in [-0.1, -0.05) is 6.07 Å². The summed E-state index contributed by atoms with van der Waals surface area (Å²) >= 11 is 2.97. The molecule has 0 bridgehead atoms. The van der Waals surface area contributed by atoms with E-state index in [0.29, 0.717) is 29.8 Å². The number of nitrogens with one attached hydrogen (secondary N) is 1. The molecule has 0 fully saturated rings. The van der Waals surface area contributed by atoms with E-state index in [9.17, 15) is 14.4 Å². The first-order valence-electron chi connectivity index (χ1n) is 8.53. The fourth-order valence-corrected chi connectivity index (χ4v) is 4.32. The van der Waals surface area contributed by atoms with Crippen molar-refractivity contribution in [3.63, 3.8) is 0 Å². The molecule has 0 saturated heterocycles.